The van der Waals surface area contributed by atoms with Crippen molar-refractivity contribution in [2.24, 2.45) is 0 Å². The molecule has 0 amide bonds. The quantitative estimate of drug-likeness (QED) is 0.674. The van der Waals surface area contributed by atoms with Gasteiger partial charge in [-0.3, -0.25) is 9.58 Å². The second-order valence-corrected chi connectivity index (χ2v) is 6.53. The summed E-state index contributed by atoms with van der Waals surface area (Å²) in [6, 6.07) is 10.2. The molecule has 0 N–H and O–H groups in total. The molecular weight excluding hydrogens is 330 g/mol. The van der Waals surface area contributed by atoms with E-state index < -0.39 is 5.97 Å². The van der Waals surface area contributed by atoms with Gasteiger partial charge >= 0.3 is 5.97 Å². The number of rotatable bonds is 4. The van der Waals surface area contributed by atoms with Crippen LogP contribution in [0.1, 0.15) is 27.3 Å². The molecule has 1 aliphatic rings. The van der Waals surface area contributed by atoms with E-state index in [1.165, 1.54) is 18.2 Å². The monoisotopic (exact) mass is 351 g/mol. The molecule has 1 aliphatic heterocycles. The Hall–Kier alpha value is -2.93. The van der Waals surface area contributed by atoms with Gasteiger partial charge in [0.2, 0.25) is 0 Å². The molecule has 7 nitrogen and oxygen atoms in total. The number of carbonyl (C=O) groups is 1. The maximum Gasteiger partial charge on any atom is 0.358 e. The molecule has 0 radical (unpaired) electrons. The van der Waals surface area contributed by atoms with E-state index in [0.717, 1.165) is 37.6 Å². The lowest BCUT2D eigenvalue weighted by Gasteiger charge is -2.28. The molecule has 4 rings (SSSR count). The van der Waals surface area contributed by atoms with Crippen LogP contribution in [0.3, 0.4) is 0 Å². The van der Waals surface area contributed by atoms with Crippen molar-refractivity contribution < 1.29 is 9.53 Å². The first-order valence-corrected chi connectivity index (χ1v) is 8.61. The summed E-state index contributed by atoms with van der Waals surface area (Å²) < 4.78 is 8.57. The van der Waals surface area contributed by atoms with Crippen molar-refractivity contribution in [3.8, 4) is 5.69 Å². The number of carbonyl (C=O) groups excluding carboxylic acids is 1. The second kappa shape index (κ2) is 6.76. The Morgan fingerprint density at radius 2 is 2.15 bits per heavy atom. The van der Waals surface area contributed by atoms with Gasteiger partial charge in [-0.2, -0.15) is 10.2 Å². The van der Waals surface area contributed by atoms with E-state index in [4.69, 9.17) is 4.74 Å². The van der Waals surface area contributed by atoms with Crippen LogP contribution in [-0.4, -0.2) is 44.1 Å². The Balaban J connectivity index is 1.57. The van der Waals surface area contributed by atoms with Crippen LogP contribution in [0.25, 0.3) is 5.69 Å². The SMILES string of the molecule is COC(=O)c1cc2n(n1)CCN(Cc1cc(C)ccc1-n1cccn1)C2. The molecule has 1 aromatic carbocycles. The molecule has 0 bridgehead atoms. The highest BCUT2D eigenvalue weighted by atomic mass is 16.5. The van der Waals surface area contributed by atoms with Crippen LogP contribution in [0.5, 0.6) is 0 Å². The normalized spacial score (nSPS) is 14.2. The summed E-state index contributed by atoms with van der Waals surface area (Å²) in [5.41, 5.74) is 4.96. The van der Waals surface area contributed by atoms with Crippen molar-refractivity contribution in [3.05, 3.63) is 65.2 Å². The van der Waals surface area contributed by atoms with Gasteiger partial charge in [-0.15, -0.1) is 0 Å². The number of aromatic nitrogens is 4. The van der Waals surface area contributed by atoms with Crippen LogP contribution < -0.4 is 0 Å². The standard InChI is InChI=1S/C19H21N5O2/c1-14-4-5-18(24-7-3-6-20-24)15(10-14)12-22-8-9-23-16(13-22)11-17(21-23)19(25)26-2/h3-7,10-11H,8-9,12-13H2,1-2H3. The number of nitrogens with zero attached hydrogens (tertiary/aromatic N) is 5. The van der Waals surface area contributed by atoms with Crippen LogP contribution in [0.2, 0.25) is 0 Å². The van der Waals surface area contributed by atoms with Crippen molar-refractivity contribution >= 4 is 5.97 Å². The number of esters is 1. The number of hydrogen-bond acceptors (Lipinski definition) is 5. The minimum Gasteiger partial charge on any atom is -0.464 e. The summed E-state index contributed by atoms with van der Waals surface area (Å²) in [5, 5.41) is 8.71. The minimum absolute atomic E-state index is 0.372. The molecule has 0 atom stereocenters. The van der Waals surface area contributed by atoms with Gasteiger partial charge in [-0.25, -0.2) is 9.48 Å². The molecule has 0 fully saturated rings. The van der Waals surface area contributed by atoms with Gasteiger partial charge in [0.25, 0.3) is 0 Å². The number of ether oxygens (including phenoxy) is 1. The van der Waals surface area contributed by atoms with E-state index in [1.807, 2.05) is 27.7 Å². The highest BCUT2D eigenvalue weighted by Gasteiger charge is 2.22. The van der Waals surface area contributed by atoms with E-state index >= 15 is 0 Å². The van der Waals surface area contributed by atoms with Crippen molar-refractivity contribution in [2.45, 2.75) is 26.6 Å². The summed E-state index contributed by atoms with van der Waals surface area (Å²) in [7, 11) is 1.38. The zero-order valence-electron chi connectivity index (χ0n) is 14.9. The molecule has 2 aromatic heterocycles. The number of fused-ring (bicyclic) bond motifs is 1. The van der Waals surface area contributed by atoms with Crippen LogP contribution in [0, 0.1) is 6.92 Å². The first-order valence-electron chi connectivity index (χ1n) is 8.61. The predicted molar refractivity (Wildman–Crippen MR) is 96.0 cm³/mol. The zero-order valence-corrected chi connectivity index (χ0v) is 14.9. The lowest BCUT2D eigenvalue weighted by molar-refractivity contribution is 0.0593. The number of benzene rings is 1. The van der Waals surface area contributed by atoms with Crippen LogP contribution >= 0.6 is 0 Å². The third kappa shape index (κ3) is 3.13. The molecular formula is C19H21N5O2. The minimum atomic E-state index is -0.391. The molecule has 0 saturated heterocycles. The van der Waals surface area contributed by atoms with E-state index in [2.05, 4.69) is 40.2 Å². The molecule has 3 aromatic rings. The smallest absolute Gasteiger partial charge is 0.358 e. The number of aryl methyl sites for hydroxylation is 1. The topological polar surface area (TPSA) is 65.2 Å². The number of methoxy groups -OCH3 is 1. The summed E-state index contributed by atoms with van der Waals surface area (Å²) in [5.74, 6) is -0.391. The zero-order chi connectivity index (χ0) is 18.1. The second-order valence-electron chi connectivity index (χ2n) is 6.53. The highest BCUT2D eigenvalue weighted by molar-refractivity contribution is 5.87. The molecule has 3 heterocycles. The Bertz CT molecular complexity index is 930. The Morgan fingerprint density at radius 3 is 2.92 bits per heavy atom. The van der Waals surface area contributed by atoms with Crippen molar-refractivity contribution in [2.75, 3.05) is 13.7 Å². The summed E-state index contributed by atoms with van der Waals surface area (Å²) in [6.07, 6.45) is 3.75. The Labute approximate surface area is 151 Å². The molecule has 0 unspecified atom stereocenters. The fourth-order valence-electron chi connectivity index (χ4n) is 3.38. The average molecular weight is 351 g/mol. The summed E-state index contributed by atoms with van der Waals surface area (Å²) >= 11 is 0. The van der Waals surface area contributed by atoms with Crippen LogP contribution in [0.4, 0.5) is 0 Å². The van der Waals surface area contributed by atoms with Gasteiger partial charge in [0, 0.05) is 32.0 Å². The third-order valence-electron chi connectivity index (χ3n) is 4.65. The molecule has 134 valence electrons. The third-order valence-corrected chi connectivity index (χ3v) is 4.65. The molecule has 0 saturated carbocycles. The van der Waals surface area contributed by atoms with Crippen molar-refractivity contribution in [1.82, 2.24) is 24.5 Å². The van der Waals surface area contributed by atoms with Gasteiger partial charge < -0.3 is 4.74 Å². The fraction of sp³-hybridized carbons (Fsp3) is 0.316. The lowest BCUT2D eigenvalue weighted by Crippen LogP contribution is -2.33. The van der Waals surface area contributed by atoms with Gasteiger partial charge in [0.05, 0.1) is 25.0 Å². The molecule has 0 aliphatic carbocycles. The van der Waals surface area contributed by atoms with E-state index in [9.17, 15) is 4.79 Å². The fourth-order valence-corrected chi connectivity index (χ4v) is 3.38. The Morgan fingerprint density at radius 1 is 1.27 bits per heavy atom. The molecule has 7 heteroatoms. The Kier molecular flexibility index (Phi) is 4.30. The van der Waals surface area contributed by atoms with Crippen LogP contribution in [-0.2, 0) is 24.4 Å². The molecule has 0 spiro atoms. The van der Waals surface area contributed by atoms with Gasteiger partial charge in [0.1, 0.15) is 0 Å². The van der Waals surface area contributed by atoms with E-state index in [1.54, 1.807) is 6.20 Å². The highest BCUT2D eigenvalue weighted by Crippen LogP contribution is 2.21. The van der Waals surface area contributed by atoms with Gasteiger partial charge in [-0.1, -0.05) is 17.7 Å². The van der Waals surface area contributed by atoms with Gasteiger partial charge in [-0.05, 0) is 30.7 Å². The number of hydrogen-bond donors (Lipinski definition) is 0. The van der Waals surface area contributed by atoms with Crippen LogP contribution in [0.15, 0.2) is 42.7 Å². The molecule has 26 heavy (non-hydrogen) atoms. The maximum atomic E-state index is 11.7. The van der Waals surface area contributed by atoms with E-state index in [0.29, 0.717) is 5.69 Å². The largest absolute Gasteiger partial charge is 0.464 e. The van der Waals surface area contributed by atoms with Gasteiger partial charge in [0.15, 0.2) is 5.69 Å². The average Bonchev–Trinajstić information content (AvgIpc) is 3.30. The summed E-state index contributed by atoms with van der Waals surface area (Å²) in [6.45, 7) is 5.30. The first kappa shape index (κ1) is 16.5. The predicted octanol–water partition coefficient (Wildman–Crippen LogP) is 2.18. The first-order chi connectivity index (χ1) is 12.6. The van der Waals surface area contributed by atoms with Crippen molar-refractivity contribution in [3.63, 3.8) is 0 Å². The van der Waals surface area contributed by atoms with Crippen molar-refractivity contribution in [1.29, 1.82) is 0 Å². The van der Waals surface area contributed by atoms with E-state index in [-0.39, 0.29) is 0 Å². The lowest BCUT2D eigenvalue weighted by atomic mass is 10.1. The summed E-state index contributed by atoms with van der Waals surface area (Å²) in [4.78, 5) is 14.1. The maximum absolute atomic E-state index is 11.7.